The molecule has 1 aromatic rings. The molecular formula is C12H16FNO. The minimum absolute atomic E-state index is 0.0982. The van der Waals surface area contributed by atoms with Gasteiger partial charge in [-0.15, -0.1) is 0 Å². The molecule has 0 bridgehead atoms. The SMILES string of the molecule is CC(C)c1cc(F)cc(C(=O)CCN)c1. The van der Waals surface area contributed by atoms with E-state index in [0.29, 0.717) is 12.1 Å². The van der Waals surface area contributed by atoms with Gasteiger partial charge in [-0.1, -0.05) is 13.8 Å². The molecule has 0 aliphatic carbocycles. The van der Waals surface area contributed by atoms with Crippen molar-refractivity contribution >= 4 is 5.78 Å². The molecule has 0 amide bonds. The molecule has 1 aromatic carbocycles. The number of carbonyl (C=O) groups is 1. The van der Waals surface area contributed by atoms with Crippen LogP contribution in [0, 0.1) is 5.82 Å². The molecule has 0 unspecified atom stereocenters. The second-order valence-corrected chi connectivity index (χ2v) is 3.89. The van der Waals surface area contributed by atoms with E-state index in [1.165, 1.54) is 12.1 Å². The Hall–Kier alpha value is -1.22. The van der Waals surface area contributed by atoms with Crippen molar-refractivity contribution in [3.05, 3.63) is 35.1 Å². The van der Waals surface area contributed by atoms with Crippen molar-refractivity contribution in [2.75, 3.05) is 6.54 Å². The van der Waals surface area contributed by atoms with Gasteiger partial charge in [0.15, 0.2) is 5.78 Å². The second kappa shape index (κ2) is 5.03. The summed E-state index contributed by atoms with van der Waals surface area (Å²) in [6.07, 6.45) is 0.265. The number of hydrogen-bond donors (Lipinski definition) is 1. The summed E-state index contributed by atoms with van der Waals surface area (Å²) in [7, 11) is 0. The molecule has 0 radical (unpaired) electrons. The average Bonchev–Trinajstić information content (AvgIpc) is 2.17. The fourth-order valence-electron chi connectivity index (χ4n) is 1.38. The van der Waals surface area contributed by atoms with Crippen molar-refractivity contribution in [2.24, 2.45) is 5.73 Å². The zero-order chi connectivity index (χ0) is 11.4. The molecule has 0 spiro atoms. The van der Waals surface area contributed by atoms with Crippen molar-refractivity contribution in [3.63, 3.8) is 0 Å². The number of hydrogen-bond acceptors (Lipinski definition) is 2. The summed E-state index contributed by atoms with van der Waals surface area (Å²) in [6, 6.07) is 4.47. The minimum atomic E-state index is -0.360. The van der Waals surface area contributed by atoms with Crippen LogP contribution in [0.15, 0.2) is 18.2 Å². The summed E-state index contributed by atoms with van der Waals surface area (Å²) >= 11 is 0. The van der Waals surface area contributed by atoms with E-state index in [-0.39, 0.29) is 23.9 Å². The Kier molecular flexibility index (Phi) is 3.97. The number of benzene rings is 1. The van der Waals surface area contributed by atoms with Gasteiger partial charge in [-0.3, -0.25) is 4.79 Å². The summed E-state index contributed by atoms with van der Waals surface area (Å²) < 4.78 is 13.2. The van der Waals surface area contributed by atoms with Crippen LogP contribution in [0.25, 0.3) is 0 Å². The highest BCUT2D eigenvalue weighted by atomic mass is 19.1. The predicted octanol–water partition coefficient (Wildman–Crippen LogP) is 2.48. The van der Waals surface area contributed by atoms with Gasteiger partial charge in [0.2, 0.25) is 0 Å². The van der Waals surface area contributed by atoms with Crippen LogP contribution < -0.4 is 5.73 Å². The van der Waals surface area contributed by atoms with E-state index in [4.69, 9.17) is 5.73 Å². The van der Waals surface area contributed by atoms with Crippen LogP contribution in [-0.4, -0.2) is 12.3 Å². The molecule has 0 fully saturated rings. The van der Waals surface area contributed by atoms with Crippen LogP contribution in [0.3, 0.4) is 0 Å². The Labute approximate surface area is 89.3 Å². The zero-order valence-electron chi connectivity index (χ0n) is 9.09. The number of rotatable bonds is 4. The van der Waals surface area contributed by atoms with Gasteiger partial charge in [-0.25, -0.2) is 4.39 Å². The minimum Gasteiger partial charge on any atom is -0.330 e. The van der Waals surface area contributed by atoms with Crippen molar-refractivity contribution in [1.29, 1.82) is 0 Å². The quantitative estimate of drug-likeness (QED) is 0.774. The summed E-state index contributed by atoms with van der Waals surface area (Å²) in [5.74, 6) is -0.245. The topological polar surface area (TPSA) is 43.1 Å². The highest BCUT2D eigenvalue weighted by Crippen LogP contribution is 2.18. The maximum absolute atomic E-state index is 13.2. The van der Waals surface area contributed by atoms with E-state index < -0.39 is 0 Å². The van der Waals surface area contributed by atoms with E-state index in [9.17, 15) is 9.18 Å². The van der Waals surface area contributed by atoms with Crippen LogP contribution in [0.2, 0.25) is 0 Å². The van der Waals surface area contributed by atoms with Gasteiger partial charge in [-0.2, -0.15) is 0 Å². The van der Waals surface area contributed by atoms with Gasteiger partial charge < -0.3 is 5.73 Å². The molecule has 2 N–H and O–H groups in total. The van der Waals surface area contributed by atoms with Crippen molar-refractivity contribution in [3.8, 4) is 0 Å². The first kappa shape index (κ1) is 11.9. The molecule has 1 rings (SSSR count). The second-order valence-electron chi connectivity index (χ2n) is 3.89. The Bertz CT molecular complexity index is 361. The highest BCUT2D eigenvalue weighted by molar-refractivity contribution is 5.96. The van der Waals surface area contributed by atoms with Crippen molar-refractivity contribution in [2.45, 2.75) is 26.2 Å². The first-order chi connectivity index (χ1) is 7.04. The van der Waals surface area contributed by atoms with Crippen LogP contribution in [0.1, 0.15) is 42.1 Å². The van der Waals surface area contributed by atoms with Crippen LogP contribution in [0.5, 0.6) is 0 Å². The maximum atomic E-state index is 13.2. The molecule has 3 heteroatoms. The van der Waals surface area contributed by atoms with E-state index in [1.807, 2.05) is 13.8 Å². The van der Waals surface area contributed by atoms with Gasteiger partial charge in [0.25, 0.3) is 0 Å². The predicted molar refractivity (Wildman–Crippen MR) is 58.5 cm³/mol. The van der Waals surface area contributed by atoms with Gasteiger partial charge in [0.1, 0.15) is 5.82 Å². The lowest BCUT2D eigenvalue weighted by Gasteiger charge is -2.08. The Balaban J connectivity index is 3.03. The van der Waals surface area contributed by atoms with Crippen LogP contribution in [0.4, 0.5) is 4.39 Å². The van der Waals surface area contributed by atoms with Gasteiger partial charge >= 0.3 is 0 Å². The molecule has 2 nitrogen and oxygen atoms in total. The van der Waals surface area contributed by atoms with Crippen LogP contribution >= 0.6 is 0 Å². The molecule has 0 heterocycles. The highest BCUT2D eigenvalue weighted by Gasteiger charge is 2.09. The third-order valence-electron chi connectivity index (χ3n) is 2.28. The summed E-state index contributed by atoms with van der Waals surface area (Å²) in [6.45, 7) is 4.23. The monoisotopic (exact) mass is 209 g/mol. The molecule has 0 saturated carbocycles. The summed E-state index contributed by atoms with van der Waals surface area (Å²) in [5.41, 5.74) is 6.55. The van der Waals surface area contributed by atoms with Crippen molar-refractivity contribution < 1.29 is 9.18 Å². The summed E-state index contributed by atoms with van der Waals surface area (Å²) in [5, 5.41) is 0. The maximum Gasteiger partial charge on any atom is 0.164 e. The van der Waals surface area contributed by atoms with E-state index in [1.54, 1.807) is 6.07 Å². The molecule has 15 heavy (non-hydrogen) atoms. The Morgan fingerprint density at radius 1 is 1.40 bits per heavy atom. The standard InChI is InChI=1S/C12H16FNO/c1-8(2)9-5-10(7-11(13)6-9)12(15)3-4-14/h5-8H,3-4,14H2,1-2H3. The van der Waals surface area contributed by atoms with Crippen molar-refractivity contribution in [1.82, 2.24) is 0 Å². The fourth-order valence-corrected chi connectivity index (χ4v) is 1.38. The molecule has 0 aliphatic rings. The molecule has 0 aliphatic heterocycles. The average molecular weight is 209 g/mol. The van der Waals surface area contributed by atoms with E-state index in [2.05, 4.69) is 0 Å². The number of Topliss-reactive ketones (excluding diaryl/α,β-unsaturated/α-hetero) is 1. The Morgan fingerprint density at radius 3 is 2.60 bits per heavy atom. The molecule has 0 atom stereocenters. The van der Waals surface area contributed by atoms with E-state index >= 15 is 0 Å². The normalized spacial score (nSPS) is 10.7. The smallest absolute Gasteiger partial charge is 0.164 e. The lowest BCUT2D eigenvalue weighted by molar-refractivity contribution is 0.0985. The van der Waals surface area contributed by atoms with Gasteiger partial charge in [-0.05, 0) is 36.2 Å². The van der Waals surface area contributed by atoms with Gasteiger partial charge in [0.05, 0.1) is 0 Å². The third-order valence-corrected chi connectivity index (χ3v) is 2.28. The first-order valence-electron chi connectivity index (χ1n) is 5.08. The zero-order valence-corrected chi connectivity index (χ0v) is 9.09. The Morgan fingerprint density at radius 2 is 2.07 bits per heavy atom. The van der Waals surface area contributed by atoms with Crippen LogP contribution in [-0.2, 0) is 0 Å². The first-order valence-corrected chi connectivity index (χ1v) is 5.08. The molecular weight excluding hydrogens is 193 g/mol. The number of carbonyl (C=O) groups excluding carboxylic acids is 1. The lowest BCUT2D eigenvalue weighted by Crippen LogP contribution is -2.09. The molecule has 0 saturated heterocycles. The molecule has 82 valence electrons. The van der Waals surface area contributed by atoms with E-state index in [0.717, 1.165) is 5.56 Å². The third kappa shape index (κ3) is 3.13. The summed E-state index contributed by atoms with van der Waals surface area (Å²) in [4.78, 5) is 11.5. The number of ketones is 1. The van der Waals surface area contributed by atoms with Gasteiger partial charge in [0, 0.05) is 12.0 Å². The number of nitrogens with two attached hydrogens (primary N) is 1. The largest absolute Gasteiger partial charge is 0.330 e. The molecule has 0 aromatic heterocycles. The number of halogens is 1. The lowest BCUT2D eigenvalue weighted by atomic mass is 9.98. The fraction of sp³-hybridized carbons (Fsp3) is 0.417.